The van der Waals surface area contributed by atoms with E-state index < -0.39 is 0 Å². The molecule has 0 atom stereocenters. The van der Waals surface area contributed by atoms with Gasteiger partial charge in [-0.2, -0.15) is 0 Å². The number of rotatable bonds is 5. The van der Waals surface area contributed by atoms with E-state index in [1.54, 1.807) is 18.2 Å². The summed E-state index contributed by atoms with van der Waals surface area (Å²) in [5.74, 6) is 0.624. The maximum Gasteiger partial charge on any atom is 0.262 e. The lowest BCUT2D eigenvalue weighted by Crippen LogP contribution is -2.30. The van der Waals surface area contributed by atoms with Gasteiger partial charge in [0.2, 0.25) is 0 Å². The molecule has 2 aromatic heterocycles. The van der Waals surface area contributed by atoms with E-state index in [-0.39, 0.29) is 5.91 Å². The van der Waals surface area contributed by atoms with E-state index >= 15 is 0 Å². The third kappa shape index (κ3) is 3.45. The monoisotopic (exact) mass is 427 g/mol. The standard InChI is InChI=1S/C25H21N3O2S/c1-16-12-13-21(30-2)22-23(16)31-25(27-22)28(15-17-8-4-3-5-9-17)24(29)19-14-26-20-11-7-6-10-18(19)20/h3-14,26H,15H2,1-2H3. The van der Waals surface area contributed by atoms with Crippen LogP contribution in [-0.2, 0) is 6.54 Å². The van der Waals surface area contributed by atoms with E-state index in [0.29, 0.717) is 23.0 Å². The van der Waals surface area contributed by atoms with Crippen molar-refractivity contribution in [2.45, 2.75) is 13.5 Å². The fourth-order valence-electron chi connectivity index (χ4n) is 3.76. The quantitative estimate of drug-likeness (QED) is 0.377. The first kappa shape index (κ1) is 19.3. The van der Waals surface area contributed by atoms with Crippen molar-refractivity contribution in [3.63, 3.8) is 0 Å². The Balaban J connectivity index is 1.65. The average molecular weight is 428 g/mol. The van der Waals surface area contributed by atoms with Crippen LogP contribution >= 0.6 is 11.3 Å². The van der Waals surface area contributed by atoms with Gasteiger partial charge in [0.1, 0.15) is 11.3 Å². The van der Waals surface area contributed by atoms with E-state index in [1.807, 2.05) is 73.7 Å². The second-order valence-electron chi connectivity index (χ2n) is 7.38. The van der Waals surface area contributed by atoms with Crippen molar-refractivity contribution in [2.24, 2.45) is 0 Å². The van der Waals surface area contributed by atoms with Gasteiger partial charge in [-0.1, -0.05) is 65.9 Å². The molecule has 0 fully saturated rings. The Bertz CT molecular complexity index is 1390. The van der Waals surface area contributed by atoms with Gasteiger partial charge in [0.05, 0.1) is 23.9 Å². The molecule has 1 N–H and O–H groups in total. The lowest BCUT2D eigenvalue weighted by atomic mass is 10.1. The van der Waals surface area contributed by atoms with Crippen molar-refractivity contribution in [1.29, 1.82) is 0 Å². The first-order chi connectivity index (χ1) is 15.2. The lowest BCUT2D eigenvalue weighted by molar-refractivity contribution is 0.0986. The van der Waals surface area contributed by atoms with Gasteiger partial charge in [0.15, 0.2) is 5.13 Å². The summed E-state index contributed by atoms with van der Waals surface area (Å²) in [5, 5.41) is 1.56. The molecule has 0 aliphatic heterocycles. The summed E-state index contributed by atoms with van der Waals surface area (Å²) >= 11 is 1.52. The summed E-state index contributed by atoms with van der Waals surface area (Å²) in [6, 6.07) is 21.8. The summed E-state index contributed by atoms with van der Waals surface area (Å²) in [4.78, 5) is 23.6. The predicted octanol–water partition coefficient (Wildman–Crippen LogP) is 5.94. The summed E-state index contributed by atoms with van der Waals surface area (Å²) in [6.07, 6.45) is 1.78. The van der Waals surface area contributed by atoms with Crippen LogP contribution in [0.2, 0.25) is 0 Å². The summed E-state index contributed by atoms with van der Waals surface area (Å²) in [7, 11) is 1.64. The van der Waals surface area contributed by atoms with Crippen molar-refractivity contribution in [2.75, 3.05) is 12.0 Å². The van der Waals surface area contributed by atoms with Gasteiger partial charge >= 0.3 is 0 Å². The molecule has 0 radical (unpaired) electrons. The molecule has 0 unspecified atom stereocenters. The Morgan fingerprint density at radius 2 is 1.84 bits per heavy atom. The molecule has 0 saturated carbocycles. The third-order valence-electron chi connectivity index (χ3n) is 5.39. The van der Waals surface area contributed by atoms with Gasteiger partial charge in [0.25, 0.3) is 5.91 Å². The van der Waals surface area contributed by atoms with E-state index in [4.69, 9.17) is 9.72 Å². The predicted molar refractivity (Wildman–Crippen MR) is 126 cm³/mol. The molecule has 1 amide bonds. The SMILES string of the molecule is COc1ccc(C)c2sc(N(Cc3ccccc3)C(=O)c3c[nH]c4ccccc34)nc12. The maximum atomic E-state index is 13.8. The van der Waals surface area contributed by atoms with E-state index in [0.717, 1.165) is 32.2 Å². The van der Waals surface area contributed by atoms with Crippen molar-refractivity contribution in [1.82, 2.24) is 9.97 Å². The molecule has 0 aliphatic carbocycles. The van der Waals surface area contributed by atoms with Crippen LogP contribution in [0.15, 0.2) is 72.9 Å². The Hall–Kier alpha value is -3.64. The van der Waals surface area contributed by atoms with Crippen LogP contribution < -0.4 is 9.64 Å². The molecule has 5 nitrogen and oxygen atoms in total. The van der Waals surface area contributed by atoms with Crippen molar-refractivity contribution < 1.29 is 9.53 Å². The first-order valence-corrected chi connectivity index (χ1v) is 10.8. The number of anilines is 1. The van der Waals surface area contributed by atoms with Gasteiger partial charge in [-0.25, -0.2) is 4.98 Å². The number of hydrogen-bond acceptors (Lipinski definition) is 4. The van der Waals surface area contributed by atoms with Crippen LogP contribution in [-0.4, -0.2) is 23.0 Å². The Morgan fingerprint density at radius 1 is 1.06 bits per heavy atom. The average Bonchev–Trinajstić information content (AvgIpc) is 3.43. The highest BCUT2D eigenvalue weighted by Crippen LogP contribution is 2.37. The number of methoxy groups -OCH3 is 1. The molecule has 5 aromatic rings. The third-order valence-corrected chi connectivity index (χ3v) is 6.60. The highest BCUT2D eigenvalue weighted by molar-refractivity contribution is 7.22. The Kier molecular flexibility index (Phi) is 4.92. The Morgan fingerprint density at radius 3 is 2.65 bits per heavy atom. The van der Waals surface area contributed by atoms with Crippen LogP contribution in [0.25, 0.3) is 21.1 Å². The molecule has 0 aliphatic rings. The number of thiazole rings is 1. The van der Waals surface area contributed by atoms with Gasteiger partial charge < -0.3 is 9.72 Å². The maximum absolute atomic E-state index is 13.8. The number of aryl methyl sites for hydroxylation is 1. The van der Waals surface area contributed by atoms with Crippen molar-refractivity contribution in [3.8, 4) is 5.75 Å². The summed E-state index contributed by atoms with van der Waals surface area (Å²) in [5.41, 5.74) is 4.51. The zero-order chi connectivity index (χ0) is 21.4. The fraction of sp³-hybridized carbons (Fsp3) is 0.120. The highest BCUT2D eigenvalue weighted by atomic mass is 32.1. The molecule has 31 heavy (non-hydrogen) atoms. The number of para-hydroxylation sites is 1. The number of nitrogens with one attached hydrogen (secondary N) is 1. The van der Waals surface area contributed by atoms with Crippen LogP contribution in [0, 0.1) is 6.92 Å². The molecular formula is C25H21N3O2S. The van der Waals surface area contributed by atoms with E-state index in [1.165, 1.54) is 11.3 Å². The largest absolute Gasteiger partial charge is 0.494 e. The van der Waals surface area contributed by atoms with Crippen LogP contribution in [0.5, 0.6) is 5.75 Å². The number of carbonyl (C=O) groups excluding carboxylic acids is 1. The summed E-state index contributed by atoms with van der Waals surface area (Å²) in [6.45, 7) is 2.48. The van der Waals surface area contributed by atoms with Crippen molar-refractivity contribution >= 4 is 43.5 Å². The molecule has 5 rings (SSSR count). The molecule has 6 heteroatoms. The second-order valence-corrected chi connectivity index (χ2v) is 8.36. The number of nitrogens with zero attached hydrogens (tertiary/aromatic N) is 2. The zero-order valence-electron chi connectivity index (χ0n) is 17.3. The minimum absolute atomic E-state index is 0.0861. The molecule has 3 aromatic carbocycles. The number of ether oxygens (including phenoxy) is 1. The van der Waals surface area contributed by atoms with E-state index in [2.05, 4.69) is 4.98 Å². The Labute approximate surface area is 183 Å². The molecule has 154 valence electrons. The number of fused-ring (bicyclic) bond motifs is 2. The van der Waals surface area contributed by atoms with Gasteiger partial charge in [0, 0.05) is 17.1 Å². The normalized spacial score (nSPS) is 11.2. The first-order valence-electron chi connectivity index (χ1n) is 10.0. The zero-order valence-corrected chi connectivity index (χ0v) is 18.1. The number of amides is 1. The van der Waals surface area contributed by atoms with Crippen LogP contribution in [0.4, 0.5) is 5.13 Å². The number of H-pyrrole nitrogens is 1. The van der Waals surface area contributed by atoms with Gasteiger partial charge in [-0.15, -0.1) is 0 Å². The van der Waals surface area contributed by atoms with Crippen LogP contribution in [0.3, 0.4) is 0 Å². The molecule has 0 bridgehead atoms. The van der Waals surface area contributed by atoms with Crippen LogP contribution in [0.1, 0.15) is 21.5 Å². The molecule has 0 spiro atoms. The number of carbonyl (C=O) groups is 1. The number of hydrogen-bond donors (Lipinski definition) is 1. The second kappa shape index (κ2) is 7.89. The topological polar surface area (TPSA) is 58.2 Å². The summed E-state index contributed by atoms with van der Waals surface area (Å²) < 4.78 is 6.55. The lowest BCUT2D eigenvalue weighted by Gasteiger charge is -2.20. The van der Waals surface area contributed by atoms with Gasteiger partial charge in [-0.05, 0) is 30.2 Å². The molecular weight excluding hydrogens is 406 g/mol. The number of aromatic nitrogens is 2. The van der Waals surface area contributed by atoms with Gasteiger partial charge in [-0.3, -0.25) is 9.69 Å². The number of aromatic amines is 1. The number of benzene rings is 3. The van der Waals surface area contributed by atoms with E-state index in [9.17, 15) is 4.79 Å². The minimum Gasteiger partial charge on any atom is -0.494 e. The smallest absolute Gasteiger partial charge is 0.262 e. The molecule has 0 saturated heterocycles. The minimum atomic E-state index is -0.0861. The van der Waals surface area contributed by atoms with Crippen molar-refractivity contribution in [3.05, 3.63) is 89.6 Å². The highest BCUT2D eigenvalue weighted by Gasteiger charge is 2.25. The molecule has 2 heterocycles. The fourth-order valence-corrected chi connectivity index (χ4v) is 4.81.